The van der Waals surface area contributed by atoms with Crippen molar-refractivity contribution < 1.29 is 26.4 Å². The third kappa shape index (κ3) is 5.84. The van der Waals surface area contributed by atoms with E-state index in [4.69, 9.17) is 4.84 Å². The number of oxime groups is 1. The molecule has 0 aromatic carbocycles. The first-order valence-corrected chi connectivity index (χ1v) is 8.26. The number of hydrogen-bond donors (Lipinski definition) is 0. The molecule has 0 aliphatic rings. The minimum atomic E-state index is -3.91. The zero-order chi connectivity index (χ0) is 16.0. The third-order valence-corrected chi connectivity index (χ3v) is 5.13. The van der Waals surface area contributed by atoms with Crippen LogP contribution in [0, 0.1) is 0 Å². The average molecular weight is 342 g/mol. The van der Waals surface area contributed by atoms with Gasteiger partial charge in [-0.3, -0.25) is 0 Å². The van der Waals surface area contributed by atoms with E-state index in [1.54, 1.807) is 13.8 Å². The predicted octanol–water partition coefficient (Wildman–Crippen LogP) is 3.14. The van der Waals surface area contributed by atoms with Gasteiger partial charge in [-0.1, -0.05) is 5.16 Å². The van der Waals surface area contributed by atoms with Crippen molar-refractivity contribution in [2.45, 2.75) is 30.7 Å². The summed E-state index contributed by atoms with van der Waals surface area (Å²) in [6.07, 6.45) is -0.972. The van der Waals surface area contributed by atoms with E-state index in [0.717, 1.165) is 11.3 Å². The number of hydrogen-bond acceptors (Lipinski definition) is 6. The molecule has 0 saturated carbocycles. The van der Waals surface area contributed by atoms with Gasteiger partial charge in [0.15, 0.2) is 5.83 Å². The van der Waals surface area contributed by atoms with E-state index in [2.05, 4.69) is 10.1 Å². The van der Waals surface area contributed by atoms with E-state index < -0.39 is 33.9 Å². The molecular weight excluding hydrogens is 329 g/mol. The van der Waals surface area contributed by atoms with Crippen LogP contribution in [0.4, 0.5) is 13.2 Å². The molecule has 0 aliphatic heterocycles. The van der Waals surface area contributed by atoms with E-state index in [0.29, 0.717) is 4.88 Å². The van der Waals surface area contributed by atoms with Crippen LogP contribution in [0.15, 0.2) is 27.6 Å². The summed E-state index contributed by atoms with van der Waals surface area (Å²) in [5.74, 6) is -2.51. The van der Waals surface area contributed by atoms with Crippen LogP contribution in [0.2, 0.25) is 0 Å². The predicted molar refractivity (Wildman–Crippen MR) is 72.9 cm³/mol. The molecule has 0 amide bonds. The van der Waals surface area contributed by atoms with Crippen molar-refractivity contribution in [1.29, 1.82) is 0 Å². The lowest BCUT2D eigenvalue weighted by Crippen LogP contribution is -2.06. The molecule has 0 atom stereocenters. The van der Waals surface area contributed by atoms with Gasteiger partial charge in [0.2, 0.25) is 14.2 Å². The smallest absolute Gasteiger partial charge is 0.301 e. The van der Waals surface area contributed by atoms with Crippen LogP contribution in [0.1, 0.15) is 25.1 Å². The van der Waals surface area contributed by atoms with Gasteiger partial charge in [-0.15, -0.1) is 11.3 Å². The second-order valence-corrected chi connectivity index (χ2v) is 7.50. The molecule has 118 valence electrons. The highest BCUT2D eigenvalue weighted by Gasteiger charge is 2.20. The first-order valence-electron chi connectivity index (χ1n) is 5.80. The van der Waals surface area contributed by atoms with E-state index in [1.807, 2.05) is 0 Å². The van der Waals surface area contributed by atoms with Crippen molar-refractivity contribution in [2.75, 3.05) is 5.75 Å². The summed E-state index contributed by atoms with van der Waals surface area (Å²) in [4.78, 5) is 8.99. The maximum absolute atomic E-state index is 12.6. The number of halogens is 3. The summed E-state index contributed by atoms with van der Waals surface area (Å²) in [5.41, 5.74) is 0. The van der Waals surface area contributed by atoms with Crippen molar-refractivity contribution >= 4 is 27.4 Å². The second kappa shape index (κ2) is 7.55. The fraction of sp³-hybridized carbons (Fsp3) is 0.455. The van der Waals surface area contributed by atoms with Crippen molar-refractivity contribution in [1.82, 2.24) is 4.98 Å². The highest BCUT2D eigenvalue weighted by atomic mass is 32.2. The quantitative estimate of drug-likeness (QED) is 0.564. The fourth-order valence-electron chi connectivity index (χ4n) is 1.08. The average Bonchev–Trinajstić information content (AvgIpc) is 2.85. The molecule has 5 nitrogen and oxygen atoms in total. The summed E-state index contributed by atoms with van der Waals surface area (Å²) in [5, 5.41) is 3.62. The van der Waals surface area contributed by atoms with Crippen LogP contribution in [-0.2, 0) is 14.7 Å². The molecule has 1 aromatic rings. The molecule has 0 unspecified atom stereocenters. The minimum Gasteiger partial charge on any atom is -0.393 e. The Kier molecular flexibility index (Phi) is 6.34. The number of aromatic nitrogens is 1. The largest absolute Gasteiger partial charge is 0.393 e. The lowest BCUT2D eigenvalue weighted by Gasteiger charge is -1.99. The monoisotopic (exact) mass is 342 g/mol. The Labute approximate surface area is 124 Å². The van der Waals surface area contributed by atoms with Crippen LogP contribution < -0.4 is 0 Å². The van der Waals surface area contributed by atoms with Gasteiger partial charge in [0.25, 0.3) is 0 Å². The number of allylic oxidation sites excluding steroid dienone is 1. The van der Waals surface area contributed by atoms with Crippen molar-refractivity contribution in [3.05, 3.63) is 23.0 Å². The number of sulfone groups is 1. The topological polar surface area (TPSA) is 68.6 Å². The molecule has 0 fully saturated rings. The maximum Gasteiger partial charge on any atom is 0.301 e. The van der Waals surface area contributed by atoms with E-state index in [9.17, 15) is 21.6 Å². The van der Waals surface area contributed by atoms with E-state index >= 15 is 0 Å². The number of nitrogens with zero attached hydrogens (tertiary/aromatic N) is 2. The van der Waals surface area contributed by atoms with Gasteiger partial charge in [-0.25, -0.2) is 17.8 Å². The molecule has 0 aliphatic carbocycles. The number of thiazole rings is 1. The first kappa shape index (κ1) is 17.6. The molecular formula is C11H13F3N2O3S2. The van der Waals surface area contributed by atoms with Crippen LogP contribution in [0.3, 0.4) is 0 Å². The Morgan fingerprint density at radius 1 is 1.48 bits per heavy atom. The molecule has 1 aromatic heterocycles. The standard InChI is InChI=1S/C11H13F3N2O3S2/c1-7(2)19-16-6-8-5-15-11(20-8)21(17,18)4-3-9(12)10(13)14/h5-7H,3-4H2,1-2H3/b16-6-. The molecule has 0 radical (unpaired) electrons. The van der Waals surface area contributed by atoms with E-state index in [1.165, 1.54) is 12.4 Å². The molecule has 0 spiro atoms. The van der Waals surface area contributed by atoms with Crippen molar-refractivity contribution in [3.8, 4) is 0 Å². The highest BCUT2D eigenvalue weighted by molar-refractivity contribution is 7.93. The molecule has 0 N–H and O–H groups in total. The van der Waals surface area contributed by atoms with Gasteiger partial charge < -0.3 is 4.84 Å². The summed E-state index contributed by atoms with van der Waals surface area (Å²) < 4.78 is 59.7. The Hall–Kier alpha value is -1.42. The minimum absolute atomic E-state index is 0.122. The summed E-state index contributed by atoms with van der Waals surface area (Å²) in [6, 6.07) is 0. The third-order valence-electron chi connectivity index (χ3n) is 2.02. The van der Waals surface area contributed by atoms with Crippen molar-refractivity contribution in [3.63, 3.8) is 0 Å². The van der Waals surface area contributed by atoms with E-state index in [-0.39, 0.29) is 10.4 Å². The van der Waals surface area contributed by atoms with Gasteiger partial charge >= 0.3 is 6.08 Å². The molecule has 0 bridgehead atoms. The van der Waals surface area contributed by atoms with Crippen LogP contribution in [-0.4, -0.2) is 31.5 Å². The molecule has 0 saturated heterocycles. The van der Waals surface area contributed by atoms with Gasteiger partial charge in [0.1, 0.15) is 6.10 Å². The molecule has 1 rings (SSSR count). The SMILES string of the molecule is CC(C)O/N=C\c1cnc(S(=O)(=O)CCC(F)=C(F)F)s1. The zero-order valence-corrected chi connectivity index (χ0v) is 12.8. The molecule has 1 heterocycles. The maximum atomic E-state index is 12.6. The Balaban J connectivity index is 2.75. The number of rotatable bonds is 7. The Morgan fingerprint density at radius 3 is 2.71 bits per heavy atom. The van der Waals surface area contributed by atoms with Gasteiger partial charge in [-0.05, 0) is 13.8 Å². The molecule has 21 heavy (non-hydrogen) atoms. The highest BCUT2D eigenvalue weighted by Crippen LogP contribution is 2.21. The second-order valence-electron chi connectivity index (χ2n) is 4.15. The Bertz CT molecular complexity index is 635. The lowest BCUT2D eigenvalue weighted by atomic mass is 10.4. The van der Waals surface area contributed by atoms with Crippen molar-refractivity contribution in [2.24, 2.45) is 5.16 Å². The van der Waals surface area contributed by atoms with Gasteiger partial charge in [-0.2, -0.15) is 8.78 Å². The first-order chi connectivity index (χ1) is 9.72. The molecule has 10 heteroatoms. The van der Waals surface area contributed by atoms with Crippen LogP contribution in [0.5, 0.6) is 0 Å². The summed E-state index contributed by atoms with van der Waals surface area (Å²) in [6.45, 7) is 3.54. The summed E-state index contributed by atoms with van der Waals surface area (Å²) >= 11 is 0.797. The fourth-order valence-corrected chi connectivity index (χ4v) is 3.47. The zero-order valence-electron chi connectivity index (χ0n) is 11.2. The van der Waals surface area contributed by atoms with Gasteiger partial charge in [0, 0.05) is 12.6 Å². The normalized spacial score (nSPS) is 12.1. The summed E-state index contributed by atoms with van der Waals surface area (Å²) in [7, 11) is -3.91. The lowest BCUT2D eigenvalue weighted by molar-refractivity contribution is 0.0874. The Morgan fingerprint density at radius 2 is 2.14 bits per heavy atom. The van der Waals surface area contributed by atoms with Crippen LogP contribution in [0.25, 0.3) is 0 Å². The van der Waals surface area contributed by atoms with Crippen LogP contribution >= 0.6 is 11.3 Å². The van der Waals surface area contributed by atoms with Gasteiger partial charge in [0.05, 0.1) is 16.8 Å².